The van der Waals surface area contributed by atoms with Crippen LogP contribution in [-0.2, 0) is 14.2 Å². The van der Waals surface area contributed by atoms with E-state index in [0.29, 0.717) is 16.7 Å². The standard InChI is InChI=1S/C20H30O3/c1-17(2)7-4-8-18(3)12(17)6-10-20-13(18)5-9-19-11-21-15(14(19)20)22-16(20)23-19/h12-16H,4-11H2,1-3H3/t12-,13+,14+,15-,16+,18-,19-,20-/m0/s1. The third-order valence-corrected chi connectivity index (χ3v) is 9.39. The summed E-state index contributed by atoms with van der Waals surface area (Å²) in [6.07, 6.45) is 9.46. The van der Waals surface area contributed by atoms with Gasteiger partial charge in [-0.15, -0.1) is 0 Å². The molecule has 0 aromatic rings. The molecule has 3 heteroatoms. The molecule has 0 aromatic heterocycles. The maximum Gasteiger partial charge on any atom is 0.168 e. The Morgan fingerprint density at radius 1 is 0.913 bits per heavy atom. The summed E-state index contributed by atoms with van der Waals surface area (Å²) < 4.78 is 18.8. The van der Waals surface area contributed by atoms with Crippen molar-refractivity contribution in [2.75, 3.05) is 6.61 Å². The van der Waals surface area contributed by atoms with Crippen LogP contribution in [0.1, 0.15) is 65.7 Å². The van der Waals surface area contributed by atoms with Gasteiger partial charge in [-0.3, -0.25) is 0 Å². The highest BCUT2D eigenvalue weighted by Crippen LogP contribution is 2.78. The largest absolute Gasteiger partial charge is 0.349 e. The molecular weight excluding hydrogens is 288 g/mol. The van der Waals surface area contributed by atoms with E-state index in [0.717, 1.165) is 18.4 Å². The number of hydrogen-bond acceptors (Lipinski definition) is 3. The third-order valence-electron chi connectivity index (χ3n) is 9.39. The lowest BCUT2D eigenvalue weighted by Crippen LogP contribution is -2.60. The first-order valence-electron chi connectivity index (χ1n) is 9.87. The van der Waals surface area contributed by atoms with Crippen molar-refractivity contribution >= 4 is 0 Å². The summed E-state index contributed by atoms with van der Waals surface area (Å²) in [4.78, 5) is 0. The SMILES string of the molecule is CC1(C)CCC[C@]2(C)[C@H]3CC[C@@]45CO[C@H]6O[C@H](O4)[C@]3(CC[C@@H]12)[C@H]65. The van der Waals surface area contributed by atoms with Crippen LogP contribution in [0.5, 0.6) is 0 Å². The topological polar surface area (TPSA) is 27.7 Å². The molecule has 1 spiro atoms. The molecule has 0 aromatic carbocycles. The first-order chi connectivity index (χ1) is 10.9. The minimum Gasteiger partial charge on any atom is -0.349 e. The molecule has 23 heavy (non-hydrogen) atoms. The number of hydrogen-bond donors (Lipinski definition) is 0. The lowest BCUT2D eigenvalue weighted by Gasteiger charge is -2.64. The minimum atomic E-state index is 0.0114. The molecule has 0 amide bonds. The van der Waals surface area contributed by atoms with E-state index >= 15 is 0 Å². The monoisotopic (exact) mass is 318 g/mol. The molecule has 3 heterocycles. The Bertz CT molecular complexity index is 573. The predicted molar refractivity (Wildman–Crippen MR) is 85.5 cm³/mol. The molecule has 6 aliphatic rings. The first kappa shape index (κ1) is 14.1. The van der Waals surface area contributed by atoms with Crippen LogP contribution in [-0.4, -0.2) is 24.8 Å². The van der Waals surface area contributed by atoms with Gasteiger partial charge in [0.25, 0.3) is 0 Å². The van der Waals surface area contributed by atoms with Crippen molar-refractivity contribution in [3.8, 4) is 0 Å². The van der Waals surface area contributed by atoms with Crippen molar-refractivity contribution in [1.29, 1.82) is 0 Å². The normalized spacial score (nSPS) is 64.6. The van der Waals surface area contributed by atoms with Crippen molar-refractivity contribution in [2.24, 2.45) is 34.0 Å². The fraction of sp³-hybridized carbons (Fsp3) is 1.00. The van der Waals surface area contributed by atoms with Crippen molar-refractivity contribution in [2.45, 2.75) is 83.9 Å². The second kappa shape index (κ2) is 3.83. The Morgan fingerprint density at radius 3 is 2.61 bits per heavy atom. The fourth-order valence-corrected chi connectivity index (χ4v) is 8.79. The van der Waals surface area contributed by atoms with Crippen LogP contribution in [0.15, 0.2) is 0 Å². The highest BCUT2D eigenvalue weighted by molar-refractivity contribution is 5.24. The minimum absolute atomic E-state index is 0.0114. The molecule has 0 radical (unpaired) electrons. The van der Waals surface area contributed by atoms with E-state index in [1.54, 1.807) is 0 Å². The summed E-state index contributed by atoms with van der Waals surface area (Å²) in [5, 5.41) is 0. The Balaban J connectivity index is 1.49. The van der Waals surface area contributed by atoms with Crippen LogP contribution in [0.2, 0.25) is 0 Å². The molecular formula is C20H30O3. The van der Waals surface area contributed by atoms with Gasteiger partial charge < -0.3 is 14.2 Å². The van der Waals surface area contributed by atoms with Crippen molar-refractivity contribution < 1.29 is 14.2 Å². The summed E-state index contributed by atoms with van der Waals surface area (Å²) in [5.41, 5.74) is 1.24. The first-order valence-corrected chi connectivity index (χ1v) is 9.87. The molecule has 3 saturated carbocycles. The average Bonchev–Trinajstić information content (AvgIpc) is 2.98. The predicted octanol–water partition coefficient (Wildman–Crippen LogP) is 4.11. The molecule has 3 saturated heterocycles. The summed E-state index contributed by atoms with van der Waals surface area (Å²) in [6.45, 7) is 8.46. The van der Waals surface area contributed by atoms with Crippen LogP contribution >= 0.6 is 0 Å². The van der Waals surface area contributed by atoms with Crippen LogP contribution in [0.3, 0.4) is 0 Å². The molecule has 8 atom stereocenters. The quantitative estimate of drug-likeness (QED) is 0.673. The molecule has 3 aliphatic carbocycles. The summed E-state index contributed by atoms with van der Waals surface area (Å²) in [6, 6.07) is 0. The zero-order valence-corrected chi connectivity index (χ0v) is 14.8. The number of ether oxygens (including phenoxy) is 3. The fourth-order valence-electron chi connectivity index (χ4n) is 8.79. The van der Waals surface area contributed by atoms with Crippen molar-refractivity contribution in [1.82, 2.24) is 0 Å². The van der Waals surface area contributed by atoms with E-state index in [2.05, 4.69) is 20.8 Å². The Morgan fingerprint density at radius 2 is 1.74 bits per heavy atom. The molecule has 3 aliphatic heterocycles. The second-order valence-electron chi connectivity index (χ2n) is 10.5. The van der Waals surface area contributed by atoms with Crippen molar-refractivity contribution in [3.05, 3.63) is 0 Å². The lowest BCUT2D eigenvalue weighted by atomic mass is 9.39. The molecule has 128 valence electrons. The Hall–Kier alpha value is -0.120. The van der Waals surface area contributed by atoms with Gasteiger partial charge in [0.05, 0.1) is 12.5 Å². The molecule has 0 N–H and O–H groups in total. The molecule has 6 fully saturated rings. The lowest BCUT2D eigenvalue weighted by molar-refractivity contribution is -0.234. The zero-order chi connectivity index (χ0) is 15.7. The van der Waals surface area contributed by atoms with E-state index in [1.807, 2.05) is 0 Å². The van der Waals surface area contributed by atoms with E-state index < -0.39 is 0 Å². The van der Waals surface area contributed by atoms with Gasteiger partial charge in [0.1, 0.15) is 5.60 Å². The highest BCUT2D eigenvalue weighted by atomic mass is 16.8. The number of rotatable bonds is 0. The van der Waals surface area contributed by atoms with Crippen LogP contribution in [0.25, 0.3) is 0 Å². The smallest absolute Gasteiger partial charge is 0.168 e. The summed E-state index contributed by atoms with van der Waals surface area (Å²) >= 11 is 0. The number of fused-ring (bicyclic) bond motifs is 2. The summed E-state index contributed by atoms with van der Waals surface area (Å²) in [5.74, 6) is 2.15. The van der Waals surface area contributed by atoms with Gasteiger partial charge in [0.15, 0.2) is 12.6 Å². The van der Waals surface area contributed by atoms with Gasteiger partial charge in [-0.25, -0.2) is 0 Å². The van der Waals surface area contributed by atoms with E-state index in [-0.39, 0.29) is 23.6 Å². The van der Waals surface area contributed by atoms with E-state index in [1.165, 1.54) is 44.9 Å². The maximum atomic E-state index is 6.55. The second-order valence-corrected chi connectivity index (χ2v) is 10.5. The molecule has 0 unspecified atom stereocenters. The van der Waals surface area contributed by atoms with Crippen LogP contribution in [0, 0.1) is 34.0 Å². The van der Waals surface area contributed by atoms with Gasteiger partial charge >= 0.3 is 0 Å². The molecule has 4 bridgehead atoms. The van der Waals surface area contributed by atoms with Gasteiger partial charge in [0, 0.05) is 5.41 Å². The zero-order valence-electron chi connectivity index (χ0n) is 14.8. The third kappa shape index (κ3) is 1.32. The van der Waals surface area contributed by atoms with Crippen LogP contribution in [0.4, 0.5) is 0 Å². The van der Waals surface area contributed by atoms with E-state index in [9.17, 15) is 0 Å². The van der Waals surface area contributed by atoms with E-state index in [4.69, 9.17) is 14.2 Å². The Labute approximate surface area is 139 Å². The van der Waals surface area contributed by atoms with Gasteiger partial charge in [-0.05, 0) is 61.2 Å². The van der Waals surface area contributed by atoms with Gasteiger partial charge in [0.2, 0.25) is 0 Å². The molecule has 3 nitrogen and oxygen atoms in total. The average molecular weight is 318 g/mol. The van der Waals surface area contributed by atoms with Gasteiger partial charge in [-0.2, -0.15) is 0 Å². The highest BCUT2D eigenvalue weighted by Gasteiger charge is 2.81. The van der Waals surface area contributed by atoms with Crippen LogP contribution < -0.4 is 0 Å². The van der Waals surface area contributed by atoms with Gasteiger partial charge in [-0.1, -0.05) is 27.2 Å². The Kier molecular flexibility index (Phi) is 2.35. The summed E-state index contributed by atoms with van der Waals surface area (Å²) in [7, 11) is 0. The molecule has 6 rings (SSSR count). The van der Waals surface area contributed by atoms with Crippen molar-refractivity contribution in [3.63, 3.8) is 0 Å². The maximum absolute atomic E-state index is 6.55.